The smallest absolute Gasteiger partial charge is 0.270 e. The third-order valence-electron chi connectivity index (χ3n) is 7.22. The first-order valence-corrected chi connectivity index (χ1v) is 12.6. The van der Waals surface area contributed by atoms with E-state index in [1.807, 2.05) is 29.2 Å². The van der Waals surface area contributed by atoms with Gasteiger partial charge in [0, 0.05) is 32.4 Å². The molecule has 1 aliphatic rings. The van der Waals surface area contributed by atoms with Crippen LogP contribution in [0, 0.1) is 28.1 Å². The number of aromatic nitrogens is 2. The van der Waals surface area contributed by atoms with Gasteiger partial charge in [-0.3, -0.25) is 4.79 Å². The Labute approximate surface area is 218 Å². The Bertz CT molecular complexity index is 1430. The van der Waals surface area contributed by atoms with Gasteiger partial charge in [0.25, 0.3) is 5.56 Å². The molecule has 0 radical (unpaired) electrons. The lowest BCUT2D eigenvalue weighted by Gasteiger charge is -2.45. The molecule has 4 rings (SSSR count). The van der Waals surface area contributed by atoms with Crippen LogP contribution in [0.5, 0.6) is 0 Å². The van der Waals surface area contributed by atoms with Gasteiger partial charge in [-0.25, -0.2) is 4.98 Å². The van der Waals surface area contributed by atoms with Crippen molar-refractivity contribution in [2.45, 2.75) is 58.2 Å². The van der Waals surface area contributed by atoms with E-state index in [0.717, 1.165) is 18.7 Å². The highest BCUT2D eigenvalue weighted by atomic mass is 16.3. The summed E-state index contributed by atoms with van der Waals surface area (Å²) in [5.74, 6) is 0. The van der Waals surface area contributed by atoms with E-state index in [9.17, 15) is 20.4 Å². The lowest BCUT2D eigenvalue weighted by molar-refractivity contribution is 0.0936. The zero-order chi connectivity index (χ0) is 26.9. The van der Waals surface area contributed by atoms with E-state index in [0.29, 0.717) is 29.6 Å². The van der Waals surface area contributed by atoms with Gasteiger partial charge in [-0.15, -0.1) is 0 Å². The van der Waals surface area contributed by atoms with Crippen molar-refractivity contribution in [1.29, 1.82) is 10.5 Å². The zero-order valence-corrected chi connectivity index (χ0v) is 22.1. The van der Waals surface area contributed by atoms with Gasteiger partial charge in [-0.2, -0.15) is 10.5 Å². The van der Waals surface area contributed by atoms with Crippen molar-refractivity contribution >= 4 is 22.4 Å². The zero-order valence-electron chi connectivity index (χ0n) is 22.1. The van der Waals surface area contributed by atoms with Gasteiger partial charge >= 0.3 is 0 Å². The van der Waals surface area contributed by atoms with Crippen LogP contribution in [0.1, 0.15) is 51.3 Å². The minimum atomic E-state index is -0.681. The minimum Gasteiger partial charge on any atom is -0.391 e. The molecular weight excluding hydrogens is 464 g/mol. The van der Waals surface area contributed by atoms with E-state index in [4.69, 9.17) is 0 Å². The average molecular weight is 499 g/mol. The molecule has 1 aliphatic carbocycles. The molecule has 1 unspecified atom stereocenters. The molecule has 2 heterocycles. The molecule has 0 amide bonds. The number of fused-ring (bicyclic) bond motifs is 1. The molecule has 192 valence electrons. The third-order valence-corrected chi connectivity index (χ3v) is 7.22. The Kier molecular flexibility index (Phi) is 7.25. The van der Waals surface area contributed by atoms with Crippen molar-refractivity contribution < 1.29 is 5.11 Å². The van der Waals surface area contributed by atoms with Gasteiger partial charge in [0.15, 0.2) is 0 Å². The van der Waals surface area contributed by atoms with Gasteiger partial charge in [0.1, 0.15) is 28.9 Å². The van der Waals surface area contributed by atoms with E-state index < -0.39 is 11.7 Å². The summed E-state index contributed by atoms with van der Waals surface area (Å²) in [6, 6.07) is 17.5. The number of nitriles is 2. The summed E-state index contributed by atoms with van der Waals surface area (Å²) < 4.78 is 1.39. The van der Waals surface area contributed by atoms with E-state index in [1.54, 1.807) is 26.2 Å². The number of nitrogens with zero attached hydrogens (tertiary/aromatic N) is 6. The largest absolute Gasteiger partial charge is 0.391 e. The van der Waals surface area contributed by atoms with Gasteiger partial charge in [0.05, 0.1) is 23.3 Å². The molecule has 2 aromatic heterocycles. The van der Waals surface area contributed by atoms with Crippen molar-refractivity contribution in [3.05, 3.63) is 64.1 Å². The first-order chi connectivity index (χ1) is 17.6. The highest BCUT2D eigenvalue weighted by Gasteiger charge is 2.37. The number of rotatable bonds is 5. The highest BCUT2D eigenvalue weighted by Crippen LogP contribution is 2.36. The molecule has 8 heteroatoms. The lowest BCUT2D eigenvalue weighted by Crippen LogP contribution is -2.52. The van der Waals surface area contributed by atoms with Crippen molar-refractivity contribution in [2.24, 2.45) is 12.5 Å². The number of hydrogen-bond donors (Lipinski definition) is 1. The second kappa shape index (κ2) is 10.2. The van der Waals surface area contributed by atoms with Gasteiger partial charge in [-0.05, 0) is 48.9 Å². The number of para-hydroxylation sites is 1. The van der Waals surface area contributed by atoms with Crippen LogP contribution < -0.4 is 15.4 Å². The van der Waals surface area contributed by atoms with Gasteiger partial charge in [0.2, 0.25) is 0 Å². The van der Waals surface area contributed by atoms with E-state index >= 15 is 0 Å². The maximum atomic E-state index is 13.0. The summed E-state index contributed by atoms with van der Waals surface area (Å²) in [6.07, 6.45) is 1.40. The summed E-state index contributed by atoms with van der Waals surface area (Å²) in [5, 5.41) is 30.8. The SMILES string of the molecule is CN(c1c(C#N)c(=O)n(C)c2ccc(C#N)nc12)[C@@H]1CC[C@H](N(CC(C)(C)C)c2ccccc2)CC1O. The van der Waals surface area contributed by atoms with Crippen LogP contribution in [-0.2, 0) is 7.05 Å². The van der Waals surface area contributed by atoms with Crippen molar-refractivity contribution in [1.82, 2.24) is 9.55 Å². The molecule has 1 N–H and O–H groups in total. The summed E-state index contributed by atoms with van der Waals surface area (Å²) in [4.78, 5) is 21.7. The van der Waals surface area contributed by atoms with Crippen LogP contribution in [0.4, 0.5) is 11.4 Å². The first-order valence-electron chi connectivity index (χ1n) is 12.6. The third kappa shape index (κ3) is 5.16. The van der Waals surface area contributed by atoms with Crippen LogP contribution in [0.15, 0.2) is 47.3 Å². The van der Waals surface area contributed by atoms with Crippen molar-refractivity contribution in [2.75, 3.05) is 23.4 Å². The number of aliphatic hydroxyl groups is 1. The fraction of sp³-hybridized carbons (Fsp3) is 0.448. The van der Waals surface area contributed by atoms with Crippen LogP contribution in [0.2, 0.25) is 0 Å². The Hall–Kier alpha value is -3.88. The number of benzene rings is 1. The van der Waals surface area contributed by atoms with E-state index in [1.165, 1.54) is 4.57 Å². The first kappa shape index (κ1) is 26.2. The Morgan fingerprint density at radius 2 is 1.81 bits per heavy atom. The summed E-state index contributed by atoms with van der Waals surface area (Å²) in [7, 11) is 3.39. The fourth-order valence-electron chi connectivity index (χ4n) is 5.47. The summed E-state index contributed by atoms with van der Waals surface area (Å²) in [5.41, 5.74) is 2.27. The Morgan fingerprint density at radius 3 is 2.41 bits per heavy atom. The second-order valence-electron chi connectivity index (χ2n) is 11.1. The van der Waals surface area contributed by atoms with Crippen molar-refractivity contribution in [3.63, 3.8) is 0 Å². The average Bonchev–Trinajstić information content (AvgIpc) is 2.88. The maximum absolute atomic E-state index is 13.0. The molecule has 0 aliphatic heterocycles. The predicted molar refractivity (Wildman–Crippen MR) is 145 cm³/mol. The van der Waals surface area contributed by atoms with E-state index in [-0.39, 0.29) is 28.8 Å². The molecule has 8 nitrogen and oxygen atoms in total. The molecule has 0 saturated heterocycles. The molecule has 3 aromatic rings. The van der Waals surface area contributed by atoms with E-state index in [2.05, 4.69) is 48.9 Å². The van der Waals surface area contributed by atoms with Gasteiger partial charge in [-0.1, -0.05) is 39.0 Å². The number of likely N-dealkylation sites (N-methyl/N-ethyl adjacent to an activating group) is 1. The number of pyridine rings is 2. The topological polar surface area (TPSA) is 109 Å². The molecule has 3 atom stereocenters. The fourth-order valence-corrected chi connectivity index (χ4v) is 5.47. The lowest BCUT2D eigenvalue weighted by atomic mass is 9.84. The molecule has 1 saturated carbocycles. The molecule has 1 fully saturated rings. The quantitative estimate of drug-likeness (QED) is 0.567. The van der Waals surface area contributed by atoms with Crippen LogP contribution in [0.3, 0.4) is 0 Å². The Balaban J connectivity index is 1.70. The number of aryl methyl sites for hydroxylation is 1. The minimum absolute atomic E-state index is 0.0342. The Morgan fingerprint density at radius 1 is 1.11 bits per heavy atom. The molecule has 1 aromatic carbocycles. The van der Waals surface area contributed by atoms with Gasteiger partial charge < -0.3 is 19.5 Å². The summed E-state index contributed by atoms with van der Waals surface area (Å²) >= 11 is 0. The number of anilines is 2. The van der Waals surface area contributed by atoms with Crippen LogP contribution in [0.25, 0.3) is 11.0 Å². The molecular formula is C29H34N6O2. The maximum Gasteiger partial charge on any atom is 0.270 e. The molecule has 0 bridgehead atoms. The molecule has 0 spiro atoms. The predicted octanol–water partition coefficient (Wildman–Crippen LogP) is 3.95. The standard InChI is InChI=1S/C29H34N6O2/c1-29(2,3)18-35(20-9-7-6-8-10-20)21-12-14-23(25(36)15-21)33(4)27-22(17-31)28(37)34(5)24-13-11-19(16-30)32-26(24)27/h6-11,13,21,23,25,36H,12,14-15,18H2,1-5H3/t21-,23+,25?/m0/s1. The monoisotopic (exact) mass is 498 g/mol. The van der Waals surface area contributed by atoms with Crippen LogP contribution >= 0.6 is 0 Å². The van der Waals surface area contributed by atoms with Crippen LogP contribution in [-0.4, -0.2) is 46.4 Å². The molecule has 37 heavy (non-hydrogen) atoms. The number of hydrogen-bond acceptors (Lipinski definition) is 7. The highest BCUT2D eigenvalue weighted by molar-refractivity contribution is 5.92. The number of aliphatic hydroxyl groups excluding tert-OH is 1. The van der Waals surface area contributed by atoms with Crippen molar-refractivity contribution in [3.8, 4) is 12.1 Å². The normalized spacial score (nSPS) is 19.7. The summed E-state index contributed by atoms with van der Waals surface area (Å²) in [6.45, 7) is 7.50. The second-order valence-corrected chi connectivity index (χ2v) is 11.1.